The molecule has 1 unspecified atom stereocenters. The number of hydrogen-bond donors (Lipinski definition) is 0. The molecule has 0 spiro atoms. The predicted octanol–water partition coefficient (Wildman–Crippen LogP) is 4.10. The number of ether oxygens (including phenoxy) is 1. The molecule has 1 saturated carbocycles. The van der Waals surface area contributed by atoms with Crippen molar-refractivity contribution >= 4 is 0 Å². The summed E-state index contributed by atoms with van der Waals surface area (Å²) in [6, 6.07) is 19.2. The maximum Gasteiger partial charge on any atom is 0.141 e. The zero-order valence-electron chi connectivity index (χ0n) is 10.5. The van der Waals surface area contributed by atoms with Crippen LogP contribution in [0, 0.1) is 5.92 Å². The van der Waals surface area contributed by atoms with Gasteiger partial charge in [-0.1, -0.05) is 55.5 Å². The van der Waals surface area contributed by atoms with E-state index in [-0.39, 0.29) is 5.60 Å². The molecule has 0 aromatic heterocycles. The summed E-state index contributed by atoms with van der Waals surface area (Å²) in [5.41, 5.74) is 2.62. The first-order valence-electron chi connectivity index (χ1n) is 6.65. The van der Waals surface area contributed by atoms with E-state index in [2.05, 4.69) is 61.5 Å². The van der Waals surface area contributed by atoms with Gasteiger partial charge < -0.3 is 4.74 Å². The number of hydrogen-bond acceptors (Lipinski definition) is 1. The molecule has 1 aliphatic carbocycles. The fourth-order valence-corrected chi connectivity index (χ4v) is 3.79. The summed E-state index contributed by atoms with van der Waals surface area (Å²) in [6.45, 7) is 2.33. The van der Waals surface area contributed by atoms with Gasteiger partial charge in [-0.25, -0.2) is 0 Å². The van der Waals surface area contributed by atoms with Crippen molar-refractivity contribution in [3.8, 4) is 5.75 Å². The van der Waals surface area contributed by atoms with Crippen LogP contribution in [0.3, 0.4) is 0 Å². The zero-order valence-corrected chi connectivity index (χ0v) is 10.5. The van der Waals surface area contributed by atoms with Gasteiger partial charge in [0.15, 0.2) is 0 Å². The van der Waals surface area contributed by atoms with Crippen molar-refractivity contribution in [3.63, 3.8) is 0 Å². The molecular weight excluding hydrogens is 220 g/mol. The fourth-order valence-electron chi connectivity index (χ4n) is 3.79. The minimum Gasteiger partial charge on any atom is -0.482 e. The zero-order chi connectivity index (χ0) is 12.2. The van der Waals surface area contributed by atoms with E-state index in [1.165, 1.54) is 11.1 Å². The van der Waals surface area contributed by atoms with Gasteiger partial charge in [0.1, 0.15) is 11.4 Å². The summed E-state index contributed by atoms with van der Waals surface area (Å²) in [5.74, 6) is 2.31. The lowest BCUT2D eigenvalue weighted by Gasteiger charge is -2.49. The molecule has 0 saturated heterocycles. The lowest BCUT2D eigenvalue weighted by Crippen LogP contribution is -2.49. The van der Waals surface area contributed by atoms with E-state index < -0.39 is 0 Å². The molecule has 3 atom stereocenters. The molecule has 1 heteroatoms. The van der Waals surface area contributed by atoms with Crippen molar-refractivity contribution in [1.29, 1.82) is 0 Å². The molecule has 1 nitrogen and oxygen atoms in total. The van der Waals surface area contributed by atoms with E-state index in [0.29, 0.717) is 11.8 Å². The van der Waals surface area contributed by atoms with Crippen molar-refractivity contribution in [2.24, 2.45) is 5.92 Å². The van der Waals surface area contributed by atoms with Crippen LogP contribution in [-0.2, 0) is 5.60 Å². The van der Waals surface area contributed by atoms with Gasteiger partial charge in [0.2, 0.25) is 0 Å². The summed E-state index contributed by atoms with van der Waals surface area (Å²) in [4.78, 5) is 0. The highest BCUT2D eigenvalue weighted by atomic mass is 16.5. The summed E-state index contributed by atoms with van der Waals surface area (Å²) in [7, 11) is 0. The maximum absolute atomic E-state index is 6.35. The monoisotopic (exact) mass is 236 g/mol. The minimum absolute atomic E-state index is 0.0929. The van der Waals surface area contributed by atoms with Gasteiger partial charge >= 0.3 is 0 Å². The second kappa shape index (κ2) is 3.38. The molecule has 0 radical (unpaired) electrons. The Bertz CT molecular complexity index is 590. The minimum atomic E-state index is -0.0929. The standard InChI is InChI=1S/C17H16O/c1-12-11-17(13-7-3-2-4-8-13)16(12)14-9-5-6-10-15(14)18-17/h2-10,12,16H,11H2,1H3/t12?,16-,17+/m1/s1. The largest absolute Gasteiger partial charge is 0.482 e. The molecule has 1 aliphatic heterocycles. The summed E-state index contributed by atoms with van der Waals surface area (Å²) >= 11 is 0. The summed E-state index contributed by atoms with van der Waals surface area (Å²) in [6.07, 6.45) is 1.12. The Balaban J connectivity index is 1.86. The van der Waals surface area contributed by atoms with Crippen LogP contribution in [0.2, 0.25) is 0 Å². The van der Waals surface area contributed by atoms with Crippen LogP contribution < -0.4 is 4.74 Å². The quantitative estimate of drug-likeness (QED) is 0.724. The molecule has 0 amide bonds. The number of fused-ring (bicyclic) bond motifs is 3. The predicted molar refractivity (Wildman–Crippen MR) is 71.7 cm³/mol. The molecular formula is C17H16O. The molecule has 0 bridgehead atoms. The Morgan fingerprint density at radius 1 is 1.00 bits per heavy atom. The van der Waals surface area contributed by atoms with E-state index in [0.717, 1.165) is 12.2 Å². The Morgan fingerprint density at radius 2 is 1.72 bits per heavy atom. The fraction of sp³-hybridized carbons (Fsp3) is 0.294. The van der Waals surface area contributed by atoms with Crippen LogP contribution >= 0.6 is 0 Å². The molecule has 2 aromatic rings. The van der Waals surface area contributed by atoms with Crippen molar-refractivity contribution < 1.29 is 4.74 Å². The van der Waals surface area contributed by atoms with Crippen LogP contribution in [0.4, 0.5) is 0 Å². The topological polar surface area (TPSA) is 9.23 Å². The second-order valence-corrected chi connectivity index (χ2v) is 5.55. The number of benzene rings is 2. The van der Waals surface area contributed by atoms with Crippen molar-refractivity contribution in [3.05, 3.63) is 65.7 Å². The highest BCUT2D eigenvalue weighted by molar-refractivity contribution is 5.49. The Labute approximate surface area is 107 Å². The third-order valence-electron chi connectivity index (χ3n) is 4.51. The van der Waals surface area contributed by atoms with Gasteiger partial charge in [-0.15, -0.1) is 0 Å². The molecule has 2 aromatic carbocycles. The number of para-hydroxylation sites is 1. The molecule has 4 rings (SSSR count). The van der Waals surface area contributed by atoms with Crippen molar-refractivity contribution in [1.82, 2.24) is 0 Å². The van der Waals surface area contributed by atoms with Gasteiger partial charge in [0, 0.05) is 11.5 Å². The van der Waals surface area contributed by atoms with E-state index >= 15 is 0 Å². The van der Waals surface area contributed by atoms with Crippen LogP contribution in [0.15, 0.2) is 54.6 Å². The van der Waals surface area contributed by atoms with Crippen molar-refractivity contribution in [2.75, 3.05) is 0 Å². The van der Waals surface area contributed by atoms with E-state index in [1.807, 2.05) is 0 Å². The van der Waals surface area contributed by atoms with E-state index in [4.69, 9.17) is 4.74 Å². The van der Waals surface area contributed by atoms with Gasteiger partial charge in [0.05, 0.1) is 0 Å². The Kier molecular flexibility index (Phi) is 1.91. The first kappa shape index (κ1) is 10.2. The lowest BCUT2D eigenvalue weighted by atomic mass is 9.58. The van der Waals surface area contributed by atoms with Crippen LogP contribution in [0.5, 0.6) is 5.75 Å². The highest BCUT2D eigenvalue weighted by Gasteiger charge is 2.60. The summed E-state index contributed by atoms with van der Waals surface area (Å²) < 4.78 is 6.35. The Hall–Kier alpha value is -1.76. The second-order valence-electron chi connectivity index (χ2n) is 5.55. The molecule has 1 fully saturated rings. The van der Waals surface area contributed by atoms with Gasteiger partial charge in [-0.3, -0.25) is 0 Å². The van der Waals surface area contributed by atoms with E-state index in [9.17, 15) is 0 Å². The van der Waals surface area contributed by atoms with Gasteiger partial charge in [-0.2, -0.15) is 0 Å². The molecule has 1 heterocycles. The smallest absolute Gasteiger partial charge is 0.141 e. The van der Waals surface area contributed by atoms with Crippen LogP contribution in [-0.4, -0.2) is 0 Å². The van der Waals surface area contributed by atoms with Crippen LogP contribution in [0.25, 0.3) is 0 Å². The third kappa shape index (κ3) is 1.12. The molecule has 18 heavy (non-hydrogen) atoms. The van der Waals surface area contributed by atoms with Crippen molar-refractivity contribution in [2.45, 2.75) is 24.9 Å². The first-order chi connectivity index (χ1) is 8.81. The van der Waals surface area contributed by atoms with E-state index in [1.54, 1.807) is 0 Å². The van der Waals surface area contributed by atoms with Crippen LogP contribution in [0.1, 0.15) is 30.4 Å². The first-order valence-corrected chi connectivity index (χ1v) is 6.65. The summed E-state index contributed by atoms with van der Waals surface area (Å²) in [5, 5.41) is 0. The molecule has 2 aliphatic rings. The normalized spacial score (nSPS) is 32.1. The number of rotatable bonds is 1. The Morgan fingerprint density at radius 3 is 2.50 bits per heavy atom. The molecule has 0 N–H and O–H groups in total. The third-order valence-corrected chi connectivity index (χ3v) is 4.51. The highest BCUT2D eigenvalue weighted by Crippen LogP contribution is 2.64. The average Bonchev–Trinajstić information content (AvgIpc) is 2.68. The SMILES string of the molecule is CC1C[C@@]2(c3ccccc3)Oc3ccccc3[C@@H]12. The average molecular weight is 236 g/mol. The van der Waals surface area contributed by atoms with Gasteiger partial charge in [0.25, 0.3) is 0 Å². The maximum atomic E-state index is 6.35. The lowest BCUT2D eigenvalue weighted by molar-refractivity contribution is -0.0508. The van der Waals surface area contributed by atoms with Gasteiger partial charge in [-0.05, 0) is 24.0 Å². The molecule has 90 valence electrons.